The van der Waals surface area contributed by atoms with Gasteiger partial charge in [0.25, 0.3) is 0 Å². The zero-order valence-electron chi connectivity index (χ0n) is 4.78. The molecule has 2 N–H and O–H groups in total. The molecule has 0 aromatic rings. The summed E-state index contributed by atoms with van der Waals surface area (Å²) >= 11 is 0. The lowest BCUT2D eigenvalue weighted by atomic mass is 10.4. The Morgan fingerprint density at radius 2 is 1.89 bits per heavy atom. The van der Waals surface area contributed by atoms with Gasteiger partial charge in [0.2, 0.25) is 5.91 Å². The molecule has 0 bridgehead atoms. The molecule has 1 amide bonds. The molecule has 0 fully saturated rings. The number of carbonyl (C=O) groups is 2. The third kappa shape index (κ3) is 6.62. The quantitative estimate of drug-likeness (QED) is 0.322. The topological polar surface area (TPSA) is 60.2 Å². The highest BCUT2D eigenvalue weighted by Gasteiger charge is 1.75. The van der Waals surface area contributed by atoms with Gasteiger partial charge in [-0.25, -0.2) is 0 Å². The van der Waals surface area contributed by atoms with Crippen LogP contribution in [0.3, 0.4) is 0 Å². The number of primary amides is 1. The van der Waals surface area contributed by atoms with Gasteiger partial charge in [0.05, 0.1) is 0 Å². The van der Waals surface area contributed by atoms with E-state index in [4.69, 9.17) is 5.73 Å². The smallest absolute Gasteiger partial charge is 0.241 e. The second-order valence-electron chi connectivity index (χ2n) is 1.28. The van der Waals surface area contributed by atoms with Crippen molar-refractivity contribution in [3.63, 3.8) is 0 Å². The van der Waals surface area contributed by atoms with Crippen molar-refractivity contribution in [2.75, 3.05) is 0 Å². The molecule has 0 atom stereocenters. The molecule has 0 unspecified atom stereocenters. The average Bonchev–Trinajstić information content (AvgIpc) is 1.80. The molecule has 0 aromatic carbocycles. The van der Waals surface area contributed by atoms with E-state index in [1.807, 2.05) is 0 Å². The molecule has 0 rings (SSSR count). The molecular weight excluding hydrogens is 118 g/mol. The summed E-state index contributed by atoms with van der Waals surface area (Å²) < 4.78 is 0. The number of hydrogen-bond donors (Lipinski definition) is 1. The van der Waals surface area contributed by atoms with Crippen molar-refractivity contribution in [3.8, 4) is 0 Å². The highest BCUT2D eigenvalue weighted by molar-refractivity contribution is 5.86. The summed E-state index contributed by atoms with van der Waals surface area (Å²) in [6, 6.07) is 0. The van der Waals surface area contributed by atoms with Gasteiger partial charge in [0.15, 0.2) is 0 Å². The van der Waals surface area contributed by atoms with Crippen LogP contribution in [0.2, 0.25) is 0 Å². The van der Waals surface area contributed by atoms with E-state index in [9.17, 15) is 9.59 Å². The second kappa shape index (κ2) is 4.77. The Morgan fingerprint density at radius 3 is 2.33 bits per heavy atom. The van der Waals surface area contributed by atoms with Gasteiger partial charge in [-0.05, 0) is 6.08 Å². The fourth-order valence-electron chi connectivity index (χ4n) is 0.260. The Balaban J connectivity index is 3.59. The van der Waals surface area contributed by atoms with Crippen LogP contribution in [0, 0.1) is 0 Å². The zero-order chi connectivity index (χ0) is 7.11. The summed E-state index contributed by atoms with van der Waals surface area (Å²) in [7, 11) is 0. The molecule has 48 valence electrons. The van der Waals surface area contributed by atoms with Crippen LogP contribution in [0.15, 0.2) is 24.3 Å². The van der Waals surface area contributed by atoms with Crippen molar-refractivity contribution in [2.24, 2.45) is 5.73 Å². The van der Waals surface area contributed by atoms with Gasteiger partial charge in [-0.2, -0.15) is 0 Å². The number of hydrogen-bond acceptors (Lipinski definition) is 2. The lowest BCUT2D eigenvalue weighted by Gasteiger charge is -1.73. The minimum atomic E-state index is -0.523. The average molecular weight is 125 g/mol. The maximum Gasteiger partial charge on any atom is 0.241 e. The van der Waals surface area contributed by atoms with E-state index in [1.54, 1.807) is 0 Å². The van der Waals surface area contributed by atoms with Crippen LogP contribution in [0.5, 0.6) is 0 Å². The predicted octanol–water partition coefficient (Wildman–Crippen LogP) is -0.217. The Hall–Kier alpha value is -1.38. The molecule has 0 saturated carbocycles. The van der Waals surface area contributed by atoms with Crippen molar-refractivity contribution in [2.45, 2.75) is 0 Å². The van der Waals surface area contributed by atoms with Crippen LogP contribution in [0.1, 0.15) is 0 Å². The van der Waals surface area contributed by atoms with Gasteiger partial charge in [-0.15, -0.1) is 0 Å². The molecule has 0 radical (unpaired) electrons. The number of rotatable bonds is 3. The van der Waals surface area contributed by atoms with Gasteiger partial charge < -0.3 is 5.73 Å². The van der Waals surface area contributed by atoms with Gasteiger partial charge in [0, 0.05) is 6.08 Å². The van der Waals surface area contributed by atoms with Crippen LogP contribution in [-0.4, -0.2) is 12.2 Å². The highest BCUT2D eigenvalue weighted by Crippen LogP contribution is 1.72. The summed E-state index contributed by atoms with van der Waals surface area (Å²) in [6.07, 6.45) is 5.87. The third-order valence-electron chi connectivity index (χ3n) is 0.561. The zero-order valence-corrected chi connectivity index (χ0v) is 4.78. The lowest BCUT2D eigenvalue weighted by Crippen LogP contribution is -2.04. The first-order valence-electron chi connectivity index (χ1n) is 2.35. The van der Waals surface area contributed by atoms with Gasteiger partial charge in [0.1, 0.15) is 6.29 Å². The fourth-order valence-corrected chi connectivity index (χ4v) is 0.260. The number of amides is 1. The minimum absolute atomic E-state index is 0.523. The maximum atomic E-state index is 9.98. The van der Waals surface area contributed by atoms with E-state index >= 15 is 0 Å². The van der Waals surface area contributed by atoms with Crippen LogP contribution in [0.4, 0.5) is 0 Å². The maximum absolute atomic E-state index is 9.98. The number of aldehydes is 1. The Labute approximate surface area is 52.8 Å². The van der Waals surface area contributed by atoms with Crippen molar-refractivity contribution in [3.05, 3.63) is 24.3 Å². The number of nitrogens with two attached hydrogens (primary N) is 1. The monoisotopic (exact) mass is 125 g/mol. The van der Waals surface area contributed by atoms with E-state index in [0.717, 1.165) is 0 Å². The summed E-state index contributed by atoms with van der Waals surface area (Å²) in [5, 5.41) is 0. The molecule has 0 aliphatic heterocycles. The minimum Gasteiger partial charge on any atom is -0.366 e. The van der Waals surface area contributed by atoms with Gasteiger partial charge in [-0.3, -0.25) is 9.59 Å². The molecule has 3 heteroatoms. The van der Waals surface area contributed by atoms with Crippen molar-refractivity contribution in [1.29, 1.82) is 0 Å². The summed E-state index contributed by atoms with van der Waals surface area (Å²) in [5.41, 5.74) is 4.73. The van der Waals surface area contributed by atoms with E-state index in [1.165, 1.54) is 24.3 Å². The third-order valence-corrected chi connectivity index (χ3v) is 0.561. The second-order valence-corrected chi connectivity index (χ2v) is 1.28. The van der Waals surface area contributed by atoms with Gasteiger partial charge in [-0.1, -0.05) is 12.2 Å². The van der Waals surface area contributed by atoms with E-state index < -0.39 is 5.91 Å². The summed E-state index contributed by atoms with van der Waals surface area (Å²) in [6.45, 7) is 0. The molecule has 0 aromatic heterocycles. The molecule has 0 saturated heterocycles. The number of allylic oxidation sites excluding steroid dienone is 3. The molecule has 0 spiro atoms. The van der Waals surface area contributed by atoms with Crippen LogP contribution >= 0.6 is 0 Å². The van der Waals surface area contributed by atoms with Crippen molar-refractivity contribution in [1.82, 2.24) is 0 Å². The molecule has 0 aliphatic rings. The molecular formula is C6H7NO2. The molecule has 9 heavy (non-hydrogen) atoms. The highest BCUT2D eigenvalue weighted by atomic mass is 16.1. The predicted molar refractivity (Wildman–Crippen MR) is 33.5 cm³/mol. The number of carbonyl (C=O) groups excluding carboxylic acids is 2. The molecule has 3 nitrogen and oxygen atoms in total. The van der Waals surface area contributed by atoms with Crippen LogP contribution in [-0.2, 0) is 9.59 Å². The Morgan fingerprint density at radius 1 is 1.22 bits per heavy atom. The van der Waals surface area contributed by atoms with Gasteiger partial charge >= 0.3 is 0 Å². The van der Waals surface area contributed by atoms with E-state index in [2.05, 4.69) is 0 Å². The first kappa shape index (κ1) is 7.62. The first-order chi connectivity index (χ1) is 4.27. The normalized spacial score (nSPS) is 10.7. The molecule has 0 heterocycles. The fraction of sp³-hybridized carbons (Fsp3) is 0. The van der Waals surface area contributed by atoms with Crippen molar-refractivity contribution < 1.29 is 9.59 Å². The standard InChI is InChI=1S/C6H7NO2/c7-6(9)4-2-1-3-5-8/h1-5H,(H2,7,9)/b3-1-,4-2-. The van der Waals surface area contributed by atoms with Crippen molar-refractivity contribution >= 4 is 12.2 Å². The Bertz CT molecular complexity index is 158. The summed E-state index contributed by atoms with van der Waals surface area (Å²) in [4.78, 5) is 19.6. The molecule has 0 aliphatic carbocycles. The SMILES string of the molecule is NC(=O)/C=C\C=C/C=O. The van der Waals surface area contributed by atoms with Crippen LogP contribution in [0.25, 0.3) is 0 Å². The van der Waals surface area contributed by atoms with Crippen LogP contribution < -0.4 is 5.73 Å². The Kier molecular flexibility index (Phi) is 4.04. The van der Waals surface area contributed by atoms with E-state index in [0.29, 0.717) is 6.29 Å². The largest absolute Gasteiger partial charge is 0.366 e. The lowest BCUT2D eigenvalue weighted by molar-refractivity contribution is -0.113. The first-order valence-corrected chi connectivity index (χ1v) is 2.35. The van der Waals surface area contributed by atoms with E-state index in [-0.39, 0.29) is 0 Å². The summed E-state index contributed by atoms with van der Waals surface area (Å²) in [5.74, 6) is -0.523.